The van der Waals surface area contributed by atoms with Gasteiger partial charge in [-0.2, -0.15) is 0 Å². The van der Waals surface area contributed by atoms with Crippen molar-refractivity contribution in [1.82, 2.24) is 4.90 Å². The number of non-ortho nitro benzene ring substituents is 1. The maximum absolute atomic E-state index is 12.5. The van der Waals surface area contributed by atoms with Crippen LogP contribution in [0.3, 0.4) is 0 Å². The van der Waals surface area contributed by atoms with Gasteiger partial charge < -0.3 is 10.0 Å². The average molecular weight is 292 g/mol. The lowest BCUT2D eigenvalue weighted by Gasteiger charge is -2.23. The van der Waals surface area contributed by atoms with Crippen LogP contribution < -0.4 is 0 Å². The van der Waals surface area contributed by atoms with E-state index in [0.717, 1.165) is 0 Å². The SMILES string of the molecule is Cc1cc(C(=O)N2CCC(C)C2C(=O)O)cc([N+](=O)[O-])c1. The first-order valence-corrected chi connectivity index (χ1v) is 6.61. The first kappa shape index (κ1) is 15.0. The van der Waals surface area contributed by atoms with E-state index in [1.54, 1.807) is 13.8 Å². The largest absolute Gasteiger partial charge is 0.480 e. The highest BCUT2D eigenvalue weighted by Gasteiger charge is 2.40. The Morgan fingerprint density at radius 3 is 2.62 bits per heavy atom. The summed E-state index contributed by atoms with van der Waals surface area (Å²) in [5.74, 6) is -1.65. The minimum absolute atomic E-state index is 0.133. The predicted molar refractivity (Wildman–Crippen MR) is 74.1 cm³/mol. The molecule has 2 unspecified atom stereocenters. The molecule has 1 aromatic rings. The summed E-state index contributed by atoms with van der Waals surface area (Å²) in [4.78, 5) is 35.4. The summed E-state index contributed by atoms with van der Waals surface area (Å²) < 4.78 is 0. The number of hydrogen-bond acceptors (Lipinski definition) is 4. The van der Waals surface area contributed by atoms with Crippen LogP contribution in [-0.4, -0.2) is 39.4 Å². The number of amides is 1. The highest BCUT2D eigenvalue weighted by Crippen LogP contribution is 2.27. The summed E-state index contributed by atoms with van der Waals surface area (Å²) in [5.41, 5.74) is 0.575. The lowest BCUT2D eigenvalue weighted by molar-refractivity contribution is -0.384. The second-order valence-corrected chi connectivity index (χ2v) is 5.36. The third-order valence-electron chi connectivity index (χ3n) is 3.73. The minimum Gasteiger partial charge on any atom is -0.480 e. The molecule has 21 heavy (non-hydrogen) atoms. The van der Waals surface area contributed by atoms with Gasteiger partial charge in [-0.1, -0.05) is 6.92 Å². The highest BCUT2D eigenvalue weighted by atomic mass is 16.6. The fourth-order valence-corrected chi connectivity index (χ4v) is 2.71. The molecule has 1 aliphatic heterocycles. The van der Waals surface area contributed by atoms with Gasteiger partial charge in [0.05, 0.1) is 4.92 Å². The van der Waals surface area contributed by atoms with Gasteiger partial charge in [0.25, 0.3) is 11.6 Å². The van der Waals surface area contributed by atoms with Crippen LogP contribution in [0.2, 0.25) is 0 Å². The van der Waals surface area contributed by atoms with Gasteiger partial charge in [-0.15, -0.1) is 0 Å². The molecule has 1 aliphatic rings. The number of aryl methyl sites for hydroxylation is 1. The van der Waals surface area contributed by atoms with E-state index in [4.69, 9.17) is 0 Å². The first-order chi connectivity index (χ1) is 9.81. The molecule has 0 saturated carbocycles. The van der Waals surface area contributed by atoms with Crippen LogP contribution in [0.4, 0.5) is 5.69 Å². The van der Waals surface area contributed by atoms with Gasteiger partial charge in [-0.05, 0) is 30.9 Å². The molecule has 1 aromatic carbocycles. The maximum atomic E-state index is 12.5. The Balaban J connectivity index is 2.36. The van der Waals surface area contributed by atoms with Crippen molar-refractivity contribution in [1.29, 1.82) is 0 Å². The van der Waals surface area contributed by atoms with Crippen LogP contribution in [0, 0.1) is 23.0 Å². The van der Waals surface area contributed by atoms with Gasteiger partial charge in [-0.3, -0.25) is 14.9 Å². The Morgan fingerprint density at radius 2 is 2.05 bits per heavy atom. The second kappa shape index (κ2) is 5.51. The van der Waals surface area contributed by atoms with Gasteiger partial charge in [0.15, 0.2) is 0 Å². The summed E-state index contributed by atoms with van der Waals surface area (Å²) in [6.45, 7) is 3.79. The molecule has 7 nitrogen and oxygen atoms in total. The smallest absolute Gasteiger partial charge is 0.326 e. The zero-order valence-corrected chi connectivity index (χ0v) is 11.8. The van der Waals surface area contributed by atoms with Gasteiger partial charge >= 0.3 is 5.97 Å². The first-order valence-electron chi connectivity index (χ1n) is 6.61. The zero-order valence-electron chi connectivity index (χ0n) is 11.8. The van der Waals surface area contributed by atoms with Gasteiger partial charge in [0, 0.05) is 24.2 Å². The standard InChI is InChI=1S/C14H16N2O5/c1-8-5-10(7-11(6-8)16(20)21)13(17)15-4-3-9(2)12(15)14(18)19/h5-7,9,12H,3-4H2,1-2H3,(H,18,19). The Kier molecular flexibility index (Phi) is 3.93. The van der Waals surface area contributed by atoms with E-state index in [1.807, 2.05) is 0 Å². The third kappa shape index (κ3) is 2.86. The van der Waals surface area contributed by atoms with E-state index < -0.39 is 22.8 Å². The predicted octanol–water partition coefficient (Wildman–Crippen LogP) is 1.84. The minimum atomic E-state index is -1.05. The number of nitrogens with zero attached hydrogens (tertiary/aromatic N) is 2. The van der Waals surface area contributed by atoms with Gasteiger partial charge in [0.2, 0.25) is 0 Å². The zero-order chi connectivity index (χ0) is 15.7. The van der Waals surface area contributed by atoms with Crippen LogP contribution in [0.5, 0.6) is 0 Å². The highest BCUT2D eigenvalue weighted by molar-refractivity contribution is 5.97. The summed E-state index contributed by atoms with van der Waals surface area (Å²) in [5, 5.41) is 20.1. The molecule has 2 rings (SSSR count). The molecule has 0 spiro atoms. The number of nitro benzene ring substituents is 1. The molecule has 1 N–H and O–H groups in total. The topological polar surface area (TPSA) is 101 Å². The maximum Gasteiger partial charge on any atom is 0.326 e. The van der Waals surface area contributed by atoms with E-state index >= 15 is 0 Å². The average Bonchev–Trinajstić information content (AvgIpc) is 2.79. The molecule has 1 fully saturated rings. The van der Waals surface area contributed by atoms with E-state index in [9.17, 15) is 24.8 Å². The Morgan fingerprint density at radius 1 is 1.38 bits per heavy atom. The third-order valence-corrected chi connectivity index (χ3v) is 3.73. The number of hydrogen-bond donors (Lipinski definition) is 1. The fourth-order valence-electron chi connectivity index (χ4n) is 2.71. The van der Waals surface area contributed by atoms with Crippen LogP contribution in [-0.2, 0) is 4.79 Å². The summed E-state index contributed by atoms with van der Waals surface area (Å²) in [6.07, 6.45) is 0.608. The molecule has 7 heteroatoms. The fraction of sp³-hybridized carbons (Fsp3) is 0.429. The molecule has 0 aromatic heterocycles. The molecule has 0 aliphatic carbocycles. The molecule has 0 bridgehead atoms. The number of likely N-dealkylation sites (tertiary alicyclic amines) is 1. The summed E-state index contributed by atoms with van der Waals surface area (Å²) in [6, 6.07) is 3.23. The van der Waals surface area contributed by atoms with Crippen molar-refractivity contribution >= 4 is 17.6 Å². The Labute approximate surface area is 121 Å². The summed E-state index contributed by atoms with van der Waals surface area (Å²) in [7, 11) is 0. The number of carboxylic acids is 1. The van der Waals surface area contributed by atoms with Crippen molar-refractivity contribution < 1.29 is 19.6 Å². The second-order valence-electron chi connectivity index (χ2n) is 5.36. The lowest BCUT2D eigenvalue weighted by Crippen LogP contribution is -2.42. The molecule has 1 saturated heterocycles. The summed E-state index contributed by atoms with van der Waals surface area (Å²) >= 11 is 0. The van der Waals surface area contributed by atoms with Crippen molar-refractivity contribution in [2.24, 2.45) is 5.92 Å². The van der Waals surface area contributed by atoms with Crippen molar-refractivity contribution in [2.45, 2.75) is 26.3 Å². The van der Waals surface area contributed by atoms with Crippen molar-refractivity contribution in [3.05, 3.63) is 39.4 Å². The number of carbonyl (C=O) groups excluding carboxylic acids is 1. The van der Waals surface area contributed by atoms with Gasteiger partial charge in [0.1, 0.15) is 6.04 Å². The normalized spacial score (nSPS) is 21.3. The number of rotatable bonds is 3. The van der Waals surface area contributed by atoms with Crippen LogP contribution in [0.1, 0.15) is 29.3 Å². The van der Waals surface area contributed by atoms with E-state index in [1.165, 1.54) is 23.1 Å². The van der Waals surface area contributed by atoms with Crippen LogP contribution in [0.15, 0.2) is 18.2 Å². The molecule has 1 heterocycles. The monoisotopic (exact) mass is 292 g/mol. The van der Waals surface area contributed by atoms with Crippen molar-refractivity contribution in [2.75, 3.05) is 6.54 Å². The van der Waals surface area contributed by atoms with E-state index in [2.05, 4.69) is 0 Å². The van der Waals surface area contributed by atoms with E-state index in [0.29, 0.717) is 18.5 Å². The molecule has 0 radical (unpaired) electrons. The number of aliphatic carboxylic acids is 1. The van der Waals surface area contributed by atoms with Crippen molar-refractivity contribution in [3.63, 3.8) is 0 Å². The number of benzene rings is 1. The quantitative estimate of drug-likeness (QED) is 0.676. The lowest BCUT2D eigenvalue weighted by atomic mass is 10.0. The van der Waals surface area contributed by atoms with Gasteiger partial charge in [-0.25, -0.2) is 4.79 Å². The van der Waals surface area contributed by atoms with Crippen LogP contribution in [0.25, 0.3) is 0 Å². The molecular formula is C14H16N2O5. The molecule has 112 valence electrons. The van der Waals surface area contributed by atoms with E-state index in [-0.39, 0.29) is 17.2 Å². The molecule has 2 atom stereocenters. The number of carbonyl (C=O) groups is 2. The Bertz CT molecular complexity index is 613. The Hall–Kier alpha value is -2.44. The number of carboxylic acid groups (broad SMARTS) is 1. The number of nitro groups is 1. The molecule has 1 amide bonds. The molecular weight excluding hydrogens is 276 g/mol. The van der Waals surface area contributed by atoms with Crippen molar-refractivity contribution in [3.8, 4) is 0 Å². The van der Waals surface area contributed by atoms with Crippen LogP contribution >= 0.6 is 0 Å².